The van der Waals surface area contributed by atoms with Gasteiger partial charge in [0.2, 0.25) is 5.91 Å². The van der Waals surface area contributed by atoms with Crippen LogP contribution < -0.4 is 5.73 Å². The topological polar surface area (TPSA) is 92.3 Å². The molecule has 5 rings (SSSR count). The van der Waals surface area contributed by atoms with Crippen LogP contribution in [0.25, 0.3) is 10.9 Å². The number of nitrogens with zero attached hydrogens (tertiary/aromatic N) is 3. The molecule has 1 amide bonds. The number of rotatable bonds is 7. The van der Waals surface area contributed by atoms with Crippen molar-refractivity contribution in [3.05, 3.63) is 69.4 Å². The first kappa shape index (κ1) is 27.9. The van der Waals surface area contributed by atoms with E-state index in [0.29, 0.717) is 60.4 Å². The van der Waals surface area contributed by atoms with Gasteiger partial charge in [-0.25, -0.2) is 18.7 Å². The van der Waals surface area contributed by atoms with E-state index >= 15 is 8.78 Å². The highest BCUT2D eigenvalue weighted by molar-refractivity contribution is 6.29. The molecular weight excluding hydrogens is 522 g/mol. The molecule has 3 heterocycles. The van der Waals surface area contributed by atoms with E-state index in [-0.39, 0.29) is 35.4 Å². The highest BCUT2D eigenvalue weighted by atomic mass is 35.5. The molecular formula is C30H35ClF2N4O2. The number of likely N-dealkylation sites (tertiary alicyclic amines) is 1. The summed E-state index contributed by atoms with van der Waals surface area (Å²) in [4.78, 5) is 24.0. The SMILES string of the molecule is CC(C)C1(F)CCc2nc3c(F)cc(C(N)=O)c([C@@H](CCN4CCC(O)CC4)c4ccc(Cl)nc4)c3cc2C1. The van der Waals surface area contributed by atoms with Gasteiger partial charge < -0.3 is 15.7 Å². The number of hydrogen-bond donors (Lipinski definition) is 2. The third-order valence-electron chi connectivity index (χ3n) is 8.62. The zero-order valence-electron chi connectivity index (χ0n) is 22.4. The van der Waals surface area contributed by atoms with Crippen LogP contribution in [0.3, 0.4) is 0 Å². The maximum atomic E-state index is 15.8. The number of pyridine rings is 2. The van der Waals surface area contributed by atoms with E-state index in [1.165, 1.54) is 6.07 Å². The minimum Gasteiger partial charge on any atom is -0.393 e. The summed E-state index contributed by atoms with van der Waals surface area (Å²) in [5.74, 6) is -1.90. The standard InChI is InChI=1S/C30H35ClF2N4O2/c1-17(2)30(33)9-5-25-19(15-30)13-22-27(23(29(34)39)14-24(32)28(22)36-25)21(18-3-4-26(31)35-16-18)8-12-37-10-6-20(38)7-11-37/h3-4,13-14,16-17,20-21,38H,5-12,15H2,1-2H3,(H2,34,39)/t21-,30?/m0/s1. The van der Waals surface area contributed by atoms with Gasteiger partial charge in [-0.15, -0.1) is 0 Å². The van der Waals surface area contributed by atoms with Crippen molar-refractivity contribution in [2.45, 2.75) is 70.1 Å². The summed E-state index contributed by atoms with van der Waals surface area (Å²) in [5, 5.41) is 10.7. The Morgan fingerprint density at radius 2 is 2.03 bits per heavy atom. The zero-order chi connectivity index (χ0) is 27.9. The number of carbonyl (C=O) groups is 1. The molecule has 0 bridgehead atoms. The predicted octanol–water partition coefficient (Wildman–Crippen LogP) is 5.35. The van der Waals surface area contributed by atoms with E-state index in [2.05, 4.69) is 14.9 Å². The van der Waals surface area contributed by atoms with Crippen LogP contribution in [0.15, 0.2) is 30.5 Å². The summed E-state index contributed by atoms with van der Waals surface area (Å²) in [6.45, 7) is 5.97. The van der Waals surface area contributed by atoms with Crippen LogP contribution in [-0.2, 0) is 12.8 Å². The summed E-state index contributed by atoms with van der Waals surface area (Å²) in [5.41, 5.74) is 7.53. The molecule has 1 saturated heterocycles. The van der Waals surface area contributed by atoms with Gasteiger partial charge in [0.1, 0.15) is 22.2 Å². The number of amides is 1. The number of piperidine rings is 1. The average molecular weight is 557 g/mol. The highest BCUT2D eigenvalue weighted by Crippen LogP contribution is 2.41. The molecule has 208 valence electrons. The Labute approximate surface area is 232 Å². The minimum atomic E-state index is -1.37. The molecule has 9 heteroatoms. The summed E-state index contributed by atoms with van der Waals surface area (Å²) in [6, 6.07) is 6.56. The first-order valence-corrected chi connectivity index (χ1v) is 14.1. The second-order valence-corrected chi connectivity index (χ2v) is 11.8. The van der Waals surface area contributed by atoms with E-state index in [4.69, 9.17) is 17.3 Å². The second kappa shape index (κ2) is 11.1. The van der Waals surface area contributed by atoms with Crippen molar-refractivity contribution in [3.8, 4) is 0 Å². The number of nitrogens with two attached hydrogens (primary N) is 1. The minimum absolute atomic E-state index is 0.0851. The second-order valence-electron chi connectivity index (χ2n) is 11.4. The van der Waals surface area contributed by atoms with Gasteiger partial charge in [0, 0.05) is 48.3 Å². The van der Waals surface area contributed by atoms with Crippen LogP contribution in [0, 0.1) is 11.7 Å². The Morgan fingerprint density at radius 1 is 1.28 bits per heavy atom. The lowest BCUT2D eigenvalue weighted by Crippen LogP contribution is -2.37. The van der Waals surface area contributed by atoms with Crippen molar-refractivity contribution >= 4 is 28.4 Å². The summed E-state index contributed by atoms with van der Waals surface area (Å²) >= 11 is 6.09. The Balaban J connectivity index is 1.66. The van der Waals surface area contributed by atoms with Gasteiger partial charge in [0.25, 0.3) is 0 Å². The molecule has 6 nitrogen and oxygen atoms in total. The van der Waals surface area contributed by atoms with Gasteiger partial charge in [-0.1, -0.05) is 31.5 Å². The van der Waals surface area contributed by atoms with Crippen LogP contribution >= 0.6 is 11.6 Å². The molecule has 39 heavy (non-hydrogen) atoms. The number of aromatic nitrogens is 2. The number of hydrogen-bond acceptors (Lipinski definition) is 5. The summed E-state index contributed by atoms with van der Waals surface area (Å²) in [6.07, 6.45) is 4.34. The third-order valence-corrected chi connectivity index (χ3v) is 8.85. The number of aliphatic hydroxyl groups excluding tert-OH is 1. The first-order valence-electron chi connectivity index (χ1n) is 13.7. The third kappa shape index (κ3) is 5.65. The number of aliphatic hydroxyl groups is 1. The summed E-state index contributed by atoms with van der Waals surface area (Å²) in [7, 11) is 0. The van der Waals surface area contributed by atoms with Crippen LogP contribution in [0.2, 0.25) is 5.15 Å². The van der Waals surface area contributed by atoms with E-state index < -0.39 is 17.4 Å². The van der Waals surface area contributed by atoms with Crippen LogP contribution in [0.1, 0.15) is 78.2 Å². The fourth-order valence-electron chi connectivity index (χ4n) is 6.10. The predicted molar refractivity (Wildman–Crippen MR) is 148 cm³/mol. The number of benzene rings is 1. The number of primary amides is 1. The van der Waals surface area contributed by atoms with Crippen LogP contribution in [0.4, 0.5) is 8.78 Å². The molecule has 2 atom stereocenters. The first-order chi connectivity index (χ1) is 18.6. The van der Waals surface area contributed by atoms with Crippen molar-refractivity contribution < 1.29 is 18.7 Å². The van der Waals surface area contributed by atoms with Crippen molar-refractivity contribution in [3.63, 3.8) is 0 Å². The molecule has 0 spiro atoms. The van der Waals surface area contributed by atoms with Gasteiger partial charge in [0.05, 0.1) is 6.10 Å². The Kier molecular flexibility index (Phi) is 7.91. The molecule has 2 aromatic heterocycles. The Morgan fingerprint density at radius 3 is 2.67 bits per heavy atom. The van der Waals surface area contributed by atoms with Gasteiger partial charge in [-0.05, 0) is 79.5 Å². The van der Waals surface area contributed by atoms with E-state index in [0.717, 1.165) is 24.2 Å². The van der Waals surface area contributed by atoms with Gasteiger partial charge in [-0.3, -0.25) is 4.79 Å². The largest absolute Gasteiger partial charge is 0.393 e. The van der Waals surface area contributed by atoms with Gasteiger partial charge >= 0.3 is 0 Å². The molecule has 0 saturated carbocycles. The average Bonchev–Trinajstić information content (AvgIpc) is 2.90. The lowest BCUT2D eigenvalue weighted by Gasteiger charge is -2.34. The molecule has 0 radical (unpaired) electrons. The smallest absolute Gasteiger partial charge is 0.249 e. The fourth-order valence-corrected chi connectivity index (χ4v) is 6.21. The fraction of sp³-hybridized carbons (Fsp3) is 0.500. The lowest BCUT2D eigenvalue weighted by molar-refractivity contribution is 0.0815. The maximum Gasteiger partial charge on any atom is 0.249 e. The number of halogens is 3. The monoisotopic (exact) mass is 556 g/mol. The lowest BCUT2D eigenvalue weighted by atomic mass is 9.76. The molecule has 1 aliphatic heterocycles. The van der Waals surface area contributed by atoms with E-state index in [9.17, 15) is 9.90 Å². The highest BCUT2D eigenvalue weighted by Gasteiger charge is 2.38. The quantitative estimate of drug-likeness (QED) is 0.383. The van der Waals surface area contributed by atoms with E-state index in [1.807, 2.05) is 26.0 Å². The van der Waals surface area contributed by atoms with Crippen molar-refractivity contribution in [1.82, 2.24) is 14.9 Å². The number of aryl methyl sites for hydroxylation is 1. The molecule has 1 aromatic carbocycles. The number of carbonyl (C=O) groups excluding carboxylic acids is 1. The van der Waals surface area contributed by atoms with Crippen molar-refractivity contribution in [1.29, 1.82) is 0 Å². The summed E-state index contributed by atoms with van der Waals surface area (Å²) < 4.78 is 31.2. The Hall–Kier alpha value is -2.68. The van der Waals surface area contributed by atoms with Crippen LogP contribution in [0.5, 0.6) is 0 Å². The van der Waals surface area contributed by atoms with Gasteiger partial charge in [-0.2, -0.15) is 0 Å². The molecule has 1 unspecified atom stereocenters. The van der Waals surface area contributed by atoms with Crippen LogP contribution in [-0.4, -0.2) is 57.3 Å². The molecule has 1 aliphatic carbocycles. The van der Waals surface area contributed by atoms with Gasteiger partial charge in [0.15, 0.2) is 0 Å². The van der Waals surface area contributed by atoms with Crippen molar-refractivity contribution in [2.75, 3.05) is 19.6 Å². The molecule has 2 aliphatic rings. The van der Waals surface area contributed by atoms with Crippen molar-refractivity contribution in [2.24, 2.45) is 11.7 Å². The normalized spacial score (nSPS) is 21.3. The molecule has 3 N–H and O–H groups in total. The Bertz CT molecular complexity index is 1380. The molecule has 3 aromatic rings. The maximum absolute atomic E-state index is 15.8. The van der Waals surface area contributed by atoms with E-state index in [1.54, 1.807) is 12.3 Å². The number of fused-ring (bicyclic) bond motifs is 2. The molecule has 1 fully saturated rings. The zero-order valence-corrected chi connectivity index (χ0v) is 23.1. The number of alkyl halides is 1.